The number of carboxylic acids is 1. The Morgan fingerprint density at radius 3 is 2.23 bits per heavy atom. The summed E-state index contributed by atoms with van der Waals surface area (Å²) >= 11 is 1.57. The van der Waals surface area contributed by atoms with Crippen LogP contribution in [0.2, 0.25) is 0 Å². The highest BCUT2D eigenvalue weighted by Gasteiger charge is 2.66. The predicted octanol–water partition coefficient (Wildman–Crippen LogP) is 12.3. The molecular weight excluding hydrogens is 1120 g/mol. The van der Waals surface area contributed by atoms with Crippen molar-refractivity contribution in [2.75, 3.05) is 50.1 Å². The molecule has 0 spiro atoms. The Labute approximate surface area is 513 Å². The molecule has 460 valence electrons. The number of thiazole rings is 1. The first kappa shape index (κ1) is 60.1. The summed E-state index contributed by atoms with van der Waals surface area (Å²) in [5, 5.41) is 31.4. The number of ether oxygens (including phenoxy) is 2. The van der Waals surface area contributed by atoms with Crippen LogP contribution >= 0.6 is 11.3 Å². The van der Waals surface area contributed by atoms with Crippen molar-refractivity contribution in [3.8, 4) is 16.9 Å². The summed E-state index contributed by atoms with van der Waals surface area (Å²) in [6, 6.07) is 15.7. The lowest BCUT2D eigenvalue weighted by Crippen LogP contribution is -2.64. The molecule has 4 saturated carbocycles. The van der Waals surface area contributed by atoms with Gasteiger partial charge in [-0.25, -0.2) is 14.8 Å². The van der Waals surface area contributed by atoms with Gasteiger partial charge in [0.1, 0.15) is 17.6 Å². The van der Waals surface area contributed by atoms with Gasteiger partial charge >= 0.3 is 5.97 Å². The molecule has 4 amide bonds. The highest BCUT2D eigenvalue weighted by molar-refractivity contribution is 7.22. The van der Waals surface area contributed by atoms with Crippen LogP contribution in [0.3, 0.4) is 0 Å². The second-order valence-electron chi connectivity index (χ2n) is 26.9. The van der Waals surface area contributed by atoms with Crippen molar-refractivity contribution in [3.63, 3.8) is 0 Å². The summed E-state index contributed by atoms with van der Waals surface area (Å²) < 4.78 is 16.3. The van der Waals surface area contributed by atoms with Gasteiger partial charge < -0.3 is 29.7 Å². The summed E-state index contributed by atoms with van der Waals surface area (Å²) in [4.78, 5) is 78.2. The molecule has 3 unspecified atom stereocenters. The summed E-state index contributed by atoms with van der Waals surface area (Å²) in [7, 11) is 2.23. The number of anilines is 4. The first-order valence-electron chi connectivity index (χ1n) is 31.7. The zero-order chi connectivity index (χ0) is 60.7. The molecular formula is C67H83N11O8S. The first-order valence-corrected chi connectivity index (χ1v) is 32.6. The molecule has 4 aliphatic carbocycles. The van der Waals surface area contributed by atoms with E-state index < -0.39 is 35.6 Å². The number of fused-ring (bicyclic) bond motifs is 3. The minimum absolute atomic E-state index is 0.00623. The minimum atomic E-state index is -1.09. The third kappa shape index (κ3) is 12.6. The molecule has 87 heavy (non-hydrogen) atoms. The molecule has 7 heterocycles. The lowest BCUT2D eigenvalue weighted by atomic mass is 9.39. The molecule has 3 N–H and O–H groups in total. The molecule has 2 aromatic carbocycles. The Morgan fingerprint density at radius 2 is 1.49 bits per heavy atom. The number of carbonyl (C=O) groups is 5. The second-order valence-corrected chi connectivity index (χ2v) is 28.0. The van der Waals surface area contributed by atoms with E-state index in [-0.39, 0.29) is 51.5 Å². The van der Waals surface area contributed by atoms with Crippen molar-refractivity contribution in [1.29, 1.82) is 0 Å². The van der Waals surface area contributed by atoms with Crippen molar-refractivity contribution in [3.05, 3.63) is 94.4 Å². The molecule has 4 bridgehead atoms. The summed E-state index contributed by atoms with van der Waals surface area (Å²) in [5.74, 6) is -0.729. The third-order valence-electron chi connectivity index (χ3n) is 19.5. The van der Waals surface area contributed by atoms with E-state index in [1.807, 2.05) is 48.4 Å². The van der Waals surface area contributed by atoms with Crippen molar-refractivity contribution < 1.29 is 38.6 Å². The van der Waals surface area contributed by atoms with Crippen LogP contribution in [0.25, 0.3) is 21.3 Å². The van der Waals surface area contributed by atoms with Gasteiger partial charge in [-0.15, -0.1) is 10.2 Å². The number of carboxylic acid groups (broad SMARTS) is 1. The third-order valence-corrected chi connectivity index (χ3v) is 20.5. The van der Waals surface area contributed by atoms with Gasteiger partial charge in [0.15, 0.2) is 22.5 Å². The molecule has 3 aliphatic heterocycles. The smallest absolute Gasteiger partial charge is 0.355 e. The molecule has 20 heteroatoms. The van der Waals surface area contributed by atoms with Crippen LogP contribution in [-0.4, -0.2) is 126 Å². The first-order chi connectivity index (χ1) is 41.9. The molecule has 5 fully saturated rings. The molecule has 3 atom stereocenters. The van der Waals surface area contributed by atoms with E-state index in [4.69, 9.17) is 29.6 Å². The summed E-state index contributed by atoms with van der Waals surface area (Å²) in [6.07, 6.45) is 23.5. The monoisotopic (exact) mass is 1200 g/mol. The number of hydrogen-bond donors (Lipinski definition) is 3. The number of piperidine rings is 1. The average Bonchev–Trinajstić information content (AvgIpc) is 1.18. The van der Waals surface area contributed by atoms with Crippen LogP contribution in [0.5, 0.6) is 5.75 Å². The number of aromatic nitrogens is 6. The van der Waals surface area contributed by atoms with Crippen LogP contribution < -0.4 is 20.3 Å². The zero-order valence-corrected chi connectivity index (χ0v) is 52.0. The van der Waals surface area contributed by atoms with Crippen LogP contribution in [0, 0.1) is 30.1 Å². The maximum atomic E-state index is 13.1. The molecule has 0 radical (unpaired) electrons. The van der Waals surface area contributed by atoms with Crippen molar-refractivity contribution in [1.82, 2.24) is 45.1 Å². The van der Waals surface area contributed by atoms with Crippen molar-refractivity contribution in [2.45, 2.75) is 181 Å². The number of carbonyl (C=O) groups excluding carboxylic acids is 4. The van der Waals surface area contributed by atoms with E-state index in [1.54, 1.807) is 29.5 Å². The number of benzene rings is 2. The van der Waals surface area contributed by atoms with Gasteiger partial charge in [-0.1, -0.05) is 95.1 Å². The Kier molecular flexibility index (Phi) is 17.1. The number of unbranched alkanes of at least 4 members (excludes halogenated alkanes) is 10. The Hall–Kier alpha value is -7.16. The van der Waals surface area contributed by atoms with Crippen LogP contribution in [0.1, 0.15) is 190 Å². The van der Waals surface area contributed by atoms with Gasteiger partial charge in [-0.3, -0.25) is 34.1 Å². The SMILES string of the molecule is Cc1c(Nc2nc3ccccc3s2)nnc2c1CCCN2c1ccc(-c2cnn(CC34CC5(C)CC(C)(C3)CC(OCCN(C)CCCCCCCCCCCCCOc3ccc6c(c3)C(=O)N(C3CCC(=O)NC3=O)C6=O)(C5)C4)c2C)c(C(=O)O)n1. The number of para-hydroxylation sites is 1. The number of nitrogens with one attached hydrogen (secondary N) is 2. The molecule has 13 rings (SSSR count). The number of amides is 4. The standard InChI is InChI=1S/C67H83N11O8S/c1-43-46-20-19-30-76(58(46)74-73-57(43)72-63-69-51-21-15-16-22-53(51)87-63)54-27-25-47(56(70-54)62(83)84)50-35-68-77(44(50)2)42-66-37-64(3)36-65(4,38-66)40-67(39-64,41-66)86-33-31-75(5)29-17-13-11-9-7-6-8-10-12-14-18-32-85-45-23-24-48-49(34-45)61(82)78(60(48)81)52-26-28-55(79)71-59(52)80/h15-16,21-25,27,34-35,52H,6-14,17-20,26,28-33,36-42H2,1-5H3,(H,83,84)(H,69,72,73)(H,71,79,80). The average molecular weight is 1200 g/mol. The number of likely N-dealkylation sites (N-methyl/N-ethyl adjacent to an activating group) is 1. The second kappa shape index (κ2) is 24.8. The Bertz CT molecular complexity index is 3570. The van der Waals surface area contributed by atoms with Gasteiger partial charge in [0, 0.05) is 54.0 Å². The Morgan fingerprint density at radius 1 is 0.782 bits per heavy atom. The normalized spacial score (nSPS) is 23.9. The number of pyridine rings is 1. The van der Waals surface area contributed by atoms with Gasteiger partial charge in [-0.05, 0) is 157 Å². The topological polar surface area (TPSA) is 227 Å². The van der Waals surface area contributed by atoms with Gasteiger partial charge in [0.2, 0.25) is 11.8 Å². The van der Waals surface area contributed by atoms with Gasteiger partial charge in [0.05, 0.1) is 46.4 Å². The van der Waals surface area contributed by atoms with E-state index in [1.165, 1.54) is 57.8 Å². The van der Waals surface area contributed by atoms with Gasteiger partial charge in [-0.2, -0.15) is 5.10 Å². The molecule has 4 aromatic heterocycles. The highest BCUT2D eigenvalue weighted by atomic mass is 32.1. The predicted molar refractivity (Wildman–Crippen MR) is 334 cm³/mol. The van der Waals surface area contributed by atoms with Crippen molar-refractivity contribution in [2.24, 2.45) is 16.2 Å². The molecule has 19 nitrogen and oxygen atoms in total. The molecule has 7 aliphatic rings. The number of aromatic carboxylic acids is 1. The maximum Gasteiger partial charge on any atom is 0.355 e. The van der Waals surface area contributed by atoms with E-state index in [2.05, 4.69) is 59.2 Å². The van der Waals surface area contributed by atoms with Crippen LogP contribution in [0.15, 0.2) is 60.8 Å². The van der Waals surface area contributed by atoms with Crippen LogP contribution in [-0.2, 0) is 27.3 Å². The fraction of sp³-hybridized carbons (Fsp3) is 0.552. The Balaban J connectivity index is 0.564. The highest BCUT2D eigenvalue weighted by Crippen LogP contribution is 2.72. The number of imide groups is 2. The summed E-state index contributed by atoms with van der Waals surface area (Å²) in [5.41, 5.74) is 5.98. The fourth-order valence-electron chi connectivity index (χ4n) is 16.6. The van der Waals surface area contributed by atoms with E-state index >= 15 is 0 Å². The number of rotatable bonds is 27. The van der Waals surface area contributed by atoms with E-state index in [0.29, 0.717) is 41.9 Å². The van der Waals surface area contributed by atoms with Crippen molar-refractivity contribution >= 4 is 73.7 Å². The number of nitrogens with zero attached hydrogens (tertiary/aromatic N) is 9. The largest absolute Gasteiger partial charge is 0.494 e. The maximum absolute atomic E-state index is 13.1. The molecule has 1 saturated heterocycles. The lowest BCUT2D eigenvalue weighted by molar-refractivity contribution is -0.248. The summed E-state index contributed by atoms with van der Waals surface area (Å²) in [6.45, 7) is 13.7. The van der Waals surface area contributed by atoms with E-state index in [0.717, 1.165) is 133 Å². The van der Waals surface area contributed by atoms with E-state index in [9.17, 15) is 29.1 Å². The number of hydrogen-bond acceptors (Lipinski definition) is 16. The van der Waals surface area contributed by atoms with Gasteiger partial charge in [0.25, 0.3) is 11.8 Å². The molecule has 6 aromatic rings. The zero-order valence-electron chi connectivity index (χ0n) is 51.2. The fourth-order valence-corrected chi connectivity index (χ4v) is 17.5. The quantitative estimate of drug-likeness (QED) is 0.0322. The lowest BCUT2D eigenvalue weighted by Gasteiger charge is -2.69. The van der Waals surface area contributed by atoms with Crippen LogP contribution in [0.4, 0.5) is 22.6 Å². The minimum Gasteiger partial charge on any atom is -0.494 e.